The Hall–Kier alpha value is -1.28. The van der Waals surface area contributed by atoms with Crippen molar-refractivity contribution in [1.82, 2.24) is 9.78 Å². The first-order valence-corrected chi connectivity index (χ1v) is 6.71. The van der Waals surface area contributed by atoms with Crippen molar-refractivity contribution in [3.05, 3.63) is 52.3 Å². The first kappa shape index (κ1) is 13.2. The zero-order valence-corrected chi connectivity index (χ0v) is 11.9. The summed E-state index contributed by atoms with van der Waals surface area (Å²) in [6.45, 7) is 7.23. The van der Waals surface area contributed by atoms with Gasteiger partial charge in [0.25, 0.3) is 0 Å². The fourth-order valence-electron chi connectivity index (χ4n) is 2.02. The van der Waals surface area contributed by atoms with Gasteiger partial charge in [-0.15, -0.1) is 0 Å². The maximum atomic E-state index is 6.23. The smallest absolute Gasteiger partial charge is 0.127 e. The van der Waals surface area contributed by atoms with E-state index in [1.165, 1.54) is 11.1 Å². The van der Waals surface area contributed by atoms with Crippen LogP contribution >= 0.6 is 11.6 Å². The summed E-state index contributed by atoms with van der Waals surface area (Å²) in [6, 6.07) is 10.3. The van der Waals surface area contributed by atoms with E-state index >= 15 is 0 Å². The average molecular weight is 263 g/mol. The molecule has 18 heavy (non-hydrogen) atoms. The van der Waals surface area contributed by atoms with Gasteiger partial charge in [-0.1, -0.05) is 49.7 Å². The number of halogens is 1. The van der Waals surface area contributed by atoms with E-state index in [4.69, 9.17) is 11.6 Å². The van der Waals surface area contributed by atoms with Crippen molar-refractivity contribution < 1.29 is 0 Å². The lowest BCUT2D eigenvalue weighted by atomic mass is 10.1. The lowest BCUT2D eigenvalue weighted by Crippen LogP contribution is -2.04. The van der Waals surface area contributed by atoms with E-state index in [1.807, 2.05) is 16.8 Å². The standard InChI is InChI=1S/C15H19ClN2/c1-11(2)8-14-9-15(16)18(17-14)10-13-7-5-4-6-12(13)3/h4-7,9,11H,8,10H2,1-3H3. The van der Waals surface area contributed by atoms with Crippen molar-refractivity contribution in [2.24, 2.45) is 5.92 Å². The van der Waals surface area contributed by atoms with Gasteiger partial charge in [0.1, 0.15) is 5.15 Å². The number of hydrogen-bond acceptors (Lipinski definition) is 1. The molecule has 0 bridgehead atoms. The van der Waals surface area contributed by atoms with Gasteiger partial charge < -0.3 is 0 Å². The maximum Gasteiger partial charge on any atom is 0.127 e. The van der Waals surface area contributed by atoms with E-state index in [9.17, 15) is 0 Å². The topological polar surface area (TPSA) is 17.8 Å². The van der Waals surface area contributed by atoms with Crippen LogP contribution in [-0.2, 0) is 13.0 Å². The summed E-state index contributed by atoms with van der Waals surface area (Å²) >= 11 is 6.23. The summed E-state index contributed by atoms with van der Waals surface area (Å²) in [4.78, 5) is 0. The second kappa shape index (κ2) is 5.57. The lowest BCUT2D eigenvalue weighted by molar-refractivity contribution is 0.607. The third-order valence-corrected chi connectivity index (χ3v) is 3.28. The molecule has 0 unspecified atom stereocenters. The third-order valence-electron chi connectivity index (χ3n) is 2.98. The van der Waals surface area contributed by atoms with Crippen LogP contribution in [0.15, 0.2) is 30.3 Å². The predicted molar refractivity (Wildman–Crippen MR) is 76.1 cm³/mol. The second-order valence-corrected chi connectivity index (χ2v) is 5.53. The lowest BCUT2D eigenvalue weighted by Gasteiger charge is -2.06. The molecule has 0 radical (unpaired) electrons. The van der Waals surface area contributed by atoms with Crippen LogP contribution in [-0.4, -0.2) is 9.78 Å². The second-order valence-electron chi connectivity index (χ2n) is 5.14. The predicted octanol–water partition coefficient (Wildman–Crippen LogP) is 4.09. The highest BCUT2D eigenvalue weighted by Crippen LogP contribution is 2.17. The molecule has 1 heterocycles. The van der Waals surface area contributed by atoms with Crippen LogP contribution in [0.3, 0.4) is 0 Å². The minimum atomic E-state index is 0.600. The zero-order chi connectivity index (χ0) is 13.1. The third kappa shape index (κ3) is 3.14. The molecule has 2 rings (SSSR count). The van der Waals surface area contributed by atoms with E-state index in [-0.39, 0.29) is 0 Å². The zero-order valence-electron chi connectivity index (χ0n) is 11.2. The van der Waals surface area contributed by atoms with E-state index in [0.717, 1.165) is 18.7 Å². The summed E-state index contributed by atoms with van der Waals surface area (Å²) in [6.07, 6.45) is 0.973. The number of hydrogen-bond donors (Lipinski definition) is 0. The molecule has 3 heteroatoms. The SMILES string of the molecule is Cc1ccccc1Cn1nc(CC(C)C)cc1Cl. The first-order valence-electron chi connectivity index (χ1n) is 6.33. The molecule has 0 aliphatic rings. The molecule has 1 aromatic carbocycles. The van der Waals surface area contributed by atoms with Crippen LogP contribution in [0.4, 0.5) is 0 Å². The number of nitrogens with zero attached hydrogens (tertiary/aromatic N) is 2. The van der Waals surface area contributed by atoms with Crippen LogP contribution in [0.5, 0.6) is 0 Å². The van der Waals surface area contributed by atoms with Gasteiger partial charge in [0, 0.05) is 0 Å². The molecule has 0 spiro atoms. The number of benzene rings is 1. The van der Waals surface area contributed by atoms with Crippen LogP contribution < -0.4 is 0 Å². The van der Waals surface area contributed by atoms with E-state index in [1.54, 1.807) is 0 Å². The summed E-state index contributed by atoms with van der Waals surface area (Å²) < 4.78 is 1.88. The minimum absolute atomic E-state index is 0.600. The average Bonchev–Trinajstić information content (AvgIpc) is 2.61. The van der Waals surface area contributed by atoms with Crippen LogP contribution in [0, 0.1) is 12.8 Å². The molecule has 0 aliphatic heterocycles. The molecule has 2 nitrogen and oxygen atoms in total. The van der Waals surface area contributed by atoms with Gasteiger partial charge in [-0.05, 0) is 36.5 Å². The number of aryl methyl sites for hydroxylation is 1. The van der Waals surface area contributed by atoms with Crippen molar-refractivity contribution in [3.8, 4) is 0 Å². The Bertz CT molecular complexity index is 529. The van der Waals surface area contributed by atoms with Crippen molar-refractivity contribution in [1.29, 1.82) is 0 Å². The number of rotatable bonds is 4. The Morgan fingerprint density at radius 2 is 2.00 bits per heavy atom. The van der Waals surface area contributed by atoms with Crippen molar-refractivity contribution >= 4 is 11.6 Å². The quantitative estimate of drug-likeness (QED) is 0.811. The normalized spacial score (nSPS) is 11.2. The van der Waals surface area contributed by atoms with E-state index in [0.29, 0.717) is 11.1 Å². The molecule has 0 fully saturated rings. The Kier molecular flexibility index (Phi) is 4.07. The Morgan fingerprint density at radius 3 is 2.67 bits per heavy atom. The monoisotopic (exact) mass is 262 g/mol. The highest BCUT2D eigenvalue weighted by atomic mass is 35.5. The van der Waals surface area contributed by atoms with Crippen LogP contribution in [0.1, 0.15) is 30.7 Å². The fraction of sp³-hybridized carbons (Fsp3) is 0.400. The summed E-state index contributed by atoms with van der Waals surface area (Å²) in [7, 11) is 0. The largest absolute Gasteiger partial charge is 0.249 e. The van der Waals surface area contributed by atoms with Crippen molar-refractivity contribution in [2.75, 3.05) is 0 Å². The summed E-state index contributed by atoms with van der Waals surface area (Å²) in [5, 5.41) is 5.29. The first-order chi connectivity index (χ1) is 8.56. The van der Waals surface area contributed by atoms with Gasteiger partial charge in [-0.25, -0.2) is 4.68 Å². The summed E-state index contributed by atoms with van der Waals surface area (Å²) in [5.41, 5.74) is 3.61. The molecule has 0 amide bonds. The van der Waals surface area contributed by atoms with Gasteiger partial charge >= 0.3 is 0 Å². The Morgan fingerprint density at radius 1 is 1.28 bits per heavy atom. The molecule has 0 saturated heterocycles. The van der Waals surface area contributed by atoms with Crippen molar-refractivity contribution in [3.63, 3.8) is 0 Å². The fourth-order valence-corrected chi connectivity index (χ4v) is 2.24. The van der Waals surface area contributed by atoms with Crippen molar-refractivity contribution in [2.45, 2.75) is 33.7 Å². The van der Waals surface area contributed by atoms with Crippen LogP contribution in [0.2, 0.25) is 5.15 Å². The van der Waals surface area contributed by atoms with Gasteiger partial charge in [-0.3, -0.25) is 0 Å². The molecule has 0 N–H and O–H groups in total. The van der Waals surface area contributed by atoms with E-state index in [2.05, 4.69) is 44.1 Å². The van der Waals surface area contributed by atoms with E-state index < -0.39 is 0 Å². The molecular formula is C15H19ClN2. The van der Waals surface area contributed by atoms with Crippen LogP contribution in [0.25, 0.3) is 0 Å². The van der Waals surface area contributed by atoms with Gasteiger partial charge in [0.05, 0.1) is 12.2 Å². The Balaban J connectivity index is 2.19. The molecule has 0 saturated carbocycles. The maximum absolute atomic E-state index is 6.23. The van der Waals surface area contributed by atoms with Gasteiger partial charge in [0.15, 0.2) is 0 Å². The minimum Gasteiger partial charge on any atom is -0.249 e. The summed E-state index contributed by atoms with van der Waals surface area (Å²) in [5.74, 6) is 0.600. The molecule has 96 valence electrons. The molecule has 0 aliphatic carbocycles. The molecule has 2 aromatic rings. The van der Waals surface area contributed by atoms with Gasteiger partial charge in [-0.2, -0.15) is 5.10 Å². The molecule has 0 atom stereocenters. The highest BCUT2D eigenvalue weighted by Gasteiger charge is 2.08. The number of aromatic nitrogens is 2. The van der Waals surface area contributed by atoms with Gasteiger partial charge in [0.2, 0.25) is 0 Å². The molecule has 1 aromatic heterocycles. The Labute approximate surface area is 114 Å². The highest BCUT2D eigenvalue weighted by molar-refractivity contribution is 6.29. The molecular weight excluding hydrogens is 244 g/mol.